The van der Waals surface area contributed by atoms with E-state index in [4.69, 9.17) is 14.5 Å². The Bertz CT molecular complexity index is 716. The number of halogens is 1. The highest BCUT2D eigenvalue weighted by atomic mass is 127. The number of rotatable bonds is 8. The molecule has 2 fully saturated rings. The number of hydrogen-bond acceptors (Lipinski definition) is 5. The van der Waals surface area contributed by atoms with Crippen LogP contribution in [0.4, 0.5) is 0 Å². The fraction of sp³-hybridized carbons (Fsp3) is 0.708. The molecular weight excluding hydrogens is 517 g/mol. The van der Waals surface area contributed by atoms with E-state index >= 15 is 0 Å². The molecule has 2 saturated heterocycles. The van der Waals surface area contributed by atoms with Crippen molar-refractivity contribution in [3.8, 4) is 11.5 Å². The summed E-state index contributed by atoms with van der Waals surface area (Å²) in [5.74, 6) is 2.36. The van der Waals surface area contributed by atoms with Crippen molar-refractivity contribution in [3.05, 3.63) is 23.8 Å². The Labute approximate surface area is 211 Å². The highest BCUT2D eigenvalue weighted by Gasteiger charge is 2.39. The van der Waals surface area contributed by atoms with Crippen LogP contribution in [0.1, 0.15) is 44.6 Å². The van der Waals surface area contributed by atoms with E-state index in [9.17, 15) is 0 Å². The van der Waals surface area contributed by atoms with E-state index in [2.05, 4.69) is 34.4 Å². The smallest absolute Gasteiger partial charge is 0.191 e. The van der Waals surface area contributed by atoms with Crippen LogP contribution in [-0.2, 0) is 6.54 Å². The van der Waals surface area contributed by atoms with Crippen molar-refractivity contribution in [1.29, 1.82) is 0 Å². The number of nitrogens with one attached hydrogen (secondary N) is 2. The molecule has 2 N–H and O–H groups in total. The summed E-state index contributed by atoms with van der Waals surface area (Å²) in [5, 5.41) is 7.11. The molecule has 2 aliphatic rings. The lowest BCUT2D eigenvalue weighted by Crippen LogP contribution is -2.62. The number of hydrogen-bond donors (Lipinski definition) is 2. The number of benzene rings is 1. The maximum atomic E-state index is 5.43. The molecule has 0 bridgehead atoms. The molecule has 2 heterocycles. The van der Waals surface area contributed by atoms with E-state index in [1.807, 2.05) is 18.2 Å². The predicted molar refractivity (Wildman–Crippen MR) is 143 cm³/mol. The van der Waals surface area contributed by atoms with Crippen LogP contribution in [-0.4, -0.2) is 81.8 Å². The van der Waals surface area contributed by atoms with E-state index in [-0.39, 0.29) is 29.5 Å². The molecule has 0 aromatic heterocycles. The molecule has 0 spiro atoms. The van der Waals surface area contributed by atoms with Crippen molar-refractivity contribution in [1.82, 2.24) is 20.4 Å². The summed E-state index contributed by atoms with van der Waals surface area (Å²) >= 11 is 0. The van der Waals surface area contributed by atoms with Crippen molar-refractivity contribution >= 4 is 29.9 Å². The maximum Gasteiger partial charge on any atom is 0.191 e. The van der Waals surface area contributed by atoms with Crippen molar-refractivity contribution < 1.29 is 9.47 Å². The molecule has 32 heavy (non-hydrogen) atoms. The zero-order valence-corrected chi connectivity index (χ0v) is 22.6. The Morgan fingerprint density at radius 3 is 2.31 bits per heavy atom. The number of nitrogens with zero attached hydrogens (tertiary/aromatic N) is 3. The van der Waals surface area contributed by atoms with Gasteiger partial charge in [0.05, 0.1) is 20.8 Å². The fourth-order valence-electron chi connectivity index (χ4n) is 4.75. The lowest BCUT2D eigenvalue weighted by atomic mass is 9.84. The Kier molecular flexibility index (Phi) is 11.3. The number of likely N-dealkylation sites (tertiary alicyclic amines) is 2. The summed E-state index contributed by atoms with van der Waals surface area (Å²) < 4.78 is 10.8. The zero-order valence-electron chi connectivity index (χ0n) is 20.3. The van der Waals surface area contributed by atoms with E-state index in [1.165, 1.54) is 45.2 Å². The summed E-state index contributed by atoms with van der Waals surface area (Å²) in [6.07, 6.45) is 6.45. The number of guanidine groups is 1. The van der Waals surface area contributed by atoms with Gasteiger partial charge in [-0.25, -0.2) is 4.99 Å². The Morgan fingerprint density at radius 2 is 1.69 bits per heavy atom. The predicted octanol–water partition coefficient (Wildman–Crippen LogP) is 3.33. The first-order valence-electron chi connectivity index (χ1n) is 11.8. The summed E-state index contributed by atoms with van der Waals surface area (Å²) in [6.45, 7) is 9.28. The average Bonchev–Trinajstić information content (AvgIpc) is 2.82. The minimum Gasteiger partial charge on any atom is -0.493 e. The monoisotopic (exact) mass is 559 g/mol. The Morgan fingerprint density at radius 1 is 1.00 bits per heavy atom. The molecule has 0 radical (unpaired) electrons. The highest BCUT2D eigenvalue weighted by Crippen LogP contribution is 2.31. The topological polar surface area (TPSA) is 61.4 Å². The maximum absolute atomic E-state index is 5.43. The molecule has 2 aliphatic heterocycles. The molecule has 1 aromatic rings. The van der Waals surface area contributed by atoms with Gasteiger partial charge in [0.2, 0.25) is 0 Å². The van der Waals surface area contributed by atoms with Crippen molar-refractivity contribution in [2.75, 3.05) is 60.5 Å². The van der Waals surface area contributed by atoms with E-state index in [0.29, 0.717) is 6.54 Å². The number of ether oxygens (including phenoxy) is 2. The van der Waals surface area contributed by atoms with Gasteiger partial charge in [0, 0.05) is 18.6 Å². The van der Waals surface area contributed by atoms with Gasteiger partial charge in [-0.2, -0.15) is 0 Å². The lowest BCUT2D eigenvalue weighted by Gasteiger charge is -2.50. The van der Waals surface area contributed by atoms with Crippen LogP contribution in [0.5, 0.6) is 11.5 Å². The first-order valence-corrected chi connectivity index (χ1v) is 11.8. The van der Waals surface area contributed by atoms with Gasteiger partial charge < -0.3 is 25.0 Å². The largest absolute Gasteiger partial charge is 0.493 e. The summed E-state index contributed by atoms with van der Waals surface area (Å²) in [7, 11) is 5.56. The molecular formula is C24H42IN5O2. The third-order valence-electron chi connectivity index (χ3n) is 6.74. The normalized spacial score (nSPS) is 19.7. The summed E-state index contributed by atoms with van der Waals surface area (Å²) in [4.78, 5) is 10.1. The van der Waals surface area contributed by atoms with Gasteiger partial charge in [-0.15, -0.1) is 24.0 Å². The van der Waals surface area contributed by atoms with Crippen LogP contribution in [0.3, 0.4) is 0 Å². The first-order chi connectivity index (χ1) is 15.1. The van der Waals surface area contributed by atoms with Gasteiger partial charge >= 0.3 is 0 Å². The molecule has 1 aromatic carbocycles. The second kappa shape index (κ2) is 13.4. The molecule has 3 rings (SSSR count). The Hall–Kier alpha value is -1.26. The van der Waals surface area contributed by atoms with E-state index in [1.54, 1.807) is 14.2 Å². The van der Waals surface area contributed by atoms with Crippen molar-refractivity contribution in [3.63, 3.8) is 0 Å². The standard InChI is InChI=1S/C24H41N5O2.HI/c1-5-25-23(26-18-20-9-10-21(30-3)22(17-20)31-4)27-19-24(11-15-28(2)16-12-24)29-13-7-6-8-14-29;/h9-10,17H,5-8,11-16,18-19H2,1-4H3,(H2,25,26,27);1H. The van der Waals surface area contributed by atoms with Crippen LogP contribution >= 0.6 is 24.0 Å². The molecule has 0 saturated carbocycles. The van der Waals surface area contributed by atoms with Crippen molar-refractivity contribution in [2.24, 2.45) is 4.99 Å². The number of aliphatic imine (C=N–C) groups is 1. The van der Waals surface area contributed by atoms with E-state index in [0.717, 1.165) is 49.2 Å². The summed E-state index contributed by atoms with van der Waals surface area (Å²) in [6, 6.07) is 5.98. The second-order valence-electron chi connectivity index (χ2n) is 8.81. The molecule has 0 amide bonds. The lowest BCUT2D eigenvalue weighted by molar-refractivity contribution is 0.0173. The number of methoxy groups -OCH3 is 2. The highest BCUT2D eigenvalue weighted by molar-refractivity contribution is 14.0. The van der Waals surface area contributed by atoms with Crippen LogP contribution in [0.15, 0.2) is 23.2 Å². The van der Waals surface area contributed by atoms with Gasteiger partial charge in [0.15, 0.2) is 17.5 Å². The quantitative estimate of drug-likeness (QED) is 0.290. The van der Waals surface area contributed by atoms with Crippen LogP contribution in [0.25, 0.3) is 0 Å². The minimum atomic E-state index is 0. The van der Waals surface area contributed by atoms with E-state index < -0.39 is 0 Å². The third-order valence-corrected chi connectivity index (χ3v) is 6.74. The van der Waals surface area contributed by atoms with Crippen LogP contribution in [0.2, 0.25) is 0 Å². The van der Waals surface area contributed by atoms with Gasteiger partial charge in [0.25, 0.3) is 0 Å². The van der Waals surface area contributed by atoms with Gasteiger partial charge in [-0.3, -0.25) is 4.90 Å². The first kappa shape index (κ1) is 27.0. The fourth-order valence-corrected chi connectivity index (χ4v) is 4.75. The zero-order chi connectivity index (χ0) is 22.1. The molecule has 7 nitrogen and oxygen atoms in total. The summed E-state index contributed by atoms with van der Waals surface area (Å²) in [5.41, 5.74) is 1.33. The average molecular weight is 560 g/mol. The molecule has 182 valence electrons. The van der Waals surface area contributed by atoms with Crippen LogP contribution < -0.4 is 20.1 Å². The molecule has 0 aliphatic carbocycles. The second-order valence-corrected chi connectivity index (χ2v) is 8.81. The van der Waals surface area contributed by atoms with Crippen LogP contribution in [0, 0.1) is 0 Å². The van der Waals surface area contributed by atoms with Gasteiger partial charge in [-0.05, 0) is 83.5 Å². The van der Waals surface area contributed by atoms with Gasteiger partial charge in [0.1, 0.15) is 0 Å². The molecule has 8 heteroatoms. The van der Waals surface area contributed by atoms with Crippen molar-refractivity contribution in [2.45, 2.75) is 51.1 Å². The SMILES string of the molecule is CCNC(=NCc1ccc(OC)c(OC)c1)NCC1(N2CCCCC2)CCN(C)CC1.I. The minimum absolute atomic E-state index is 0. The molecule has 0 unspecified atom stereocenters. The van der Waals surface area contributed by atoms with Gasteiger partial charge in [-0.1, -0.05) is 12.5 Å². The third kappa shape index (κ3) is 7.12. The molecule has 0 atom stereocenters. The number of piperidine rings is 2. The Balaban J connectivity index is 0.00000363.